The third kappa shape index (κ3) is 2.02. The SMILES string of the molecule is CC1=CCC2=C1C13CC1CN(C(=O)C14CC(C(=O)N5CC6CC67C5=CC(=O)c5[nH]cc(C)c57)(C1)C4)C3=CC2=O. The second-order valence-corrected chi connectivity index (χ2v) is 14.1. The van der Waals surface area contributed by atoms with Crippen molar-refractivity contribution < 1.29 is 19.2 Å². The number of aromatic amines is 1. The van der Waals surface area contributed by atoms with E-state index in [0.29, 0.717) is 56.3 Å². The molecule has 5 saturated carbocycles. The smallest absolute Gasteiger partial charge is 0.233 e. The maximum atomic E-state index is 14.0. The summed E-state index contributed by atoms with van der Waals surface area (Å²) in [4.78, 5) is 60.9. The number of ketones is 2. The Morgan fingerprint density at radius 2 is 1.46 bits per heavy atom. The molecule has 2 spiro atoms. The van der Waals surface area contributed by atoms with E-state index in [-0.39, 0.29) is 34.2 Å². The normalized spacial score (nSPS) is 42.8. The molecule has 3 heterocycles. The van der Waals surface area contributed by atoms with Crippen molar-refractivity contribution in [2.45, 2.75) is 57.8 Å². The van der Waals surface area contributed by atoms with Crippen LogP contribution < -0.4 is 0 Å². The molecule has 11 rings (SSSR count). The molecule has 1 N–H and O–H groups in total. The first kappa shape index (κ1) is 21.4. The summed E-state index contributed by atoms with van der Waals surface area (Å²) in [6, 6.07) is 0. The zero-order chi connectivity index (χ0) is 26.4. The Bertz CT molecular complexity index is 1700. The van der Waals surface area contributed by atoms with Gasteiger partial charge in [-0.2, -0.15) is 0 Å². The van der Waals surface area contributed by atoms with Gasteiger partial charge in [-0.3, -0.25) is 19.2 Å². The van der Waals surface area contributed by atoms with Crippen LogP contribution in [0, 0.1) is 35.0 Å². The van der Waals surface area contributed by atoms with E-state index < -0.39 is 10.8 Å². The predicted molar refractivity (Wildman–Crippen MR) is 139 cm³/mol. The molecule has 39 heavy (non-hydrogen) atoms. The Balaban J connectivity index is 0.910. The van der Waals surface area contributed by atoms with Crippen LogP contribution in [-0.4, -0.2) is 51.3 Å². The summed E-state index contributed by atoms with van der Waals surface area (Å²) in [6.45, 7) is 5.50. The number of aromatic nitrogens is 1. The van der Waals surface area contributed by atoms with Crippen LogP contribution in [0.2, 0.25) is 0 Å². The Kier molecular flexibility index (Phi) is 3.20. The molecule has 7 nitrogen and oxygen atoms in total. The van der Waals surface area contributed by atoms with Crippen molar-refractivity contribution in [3.05, 3.63) is 69.4 Å². The van der Waals surface area contributed by atoms with Crippen molar-refractivity contribution >= 4 is 23.4 Å². The zero-order valence-corrected chi connectivity index (χ0v) is 22.1. The van der Waals surface area contributed by atoms with E-state index in [1.165, 1.54) is 11.1 Å². The number of carbonyl (C=O) groups is 4. The third-order valence-electron chi connectivity index (χ3n) is 12.3. The third-order valence-corrected chi connectivity index (χ3v) is 12.3. The largest absolute Gasteiger partial charge is 0.358 e. The lowest BCUT2D eigenvalue weighted by Crippen LogP contribution is -2.72. The Morgan fingerprint density at radius 3 is 2.15 bits per heavy atom. The fourth-order valence-electron chi connectivity index (χ4n) is 10.6. The van der Waals surface area contributed by atoms with E-state index in [4.69, 9.17) is 0 Å². The predicted octanol–water partition coefficient (Wildman–Crippen LogP) is 3.64. The second-order valence-electron chi connectivity index (χ2n) is 14.1. The van der Waals surface area contributed by atoms with Crippen LogP contribution in [-0.2, 0) is 19.8 Å². The van der Waals surface area contributed by atoms with Gasteiger partial charge in [0.25, 0.3) is 0 Å². The summed E-state index contributed by atoms with van der Waals surface area (Å²) in [7, 11) is 0. The van der Waals surface area contributed by atoms with Crippen LogP contribution in [0.3, 0.4) is 0 Å². The molecule has 2 saturated heterocycles. The number of allylic oxidation sites excluding steroid dienone is 7. The maximum absolute atomic E-state index is 14.0. The molecule has 8 aliphatic carbocycles. The number of amides is 2. The van der Waals surface area contributed by atoms with Gasteiger partial charge in [0.2, 0.25) is 17.6 Å². The van der Waals surface area contributed by atoms with Crippen molar-refractivity contribution in [1.29, 1.82) is 0 Å². The zero-order valence-electron chi connectivity index (χ0n) is 22.1. The van der Waals surface area contributed by atoms with Crippen LogP contribution in [0.15, 0.2) is 52.5 Å². The fourth-order valence-corrected chi connectivity index (χ4v) is 10.6. The molecule has 7 fully saturated rings. The summed E-state index contributed by atoms with van der Waals surface area (Å²) in [5, 5.41) is 0. The van der Waals surface area contributed by atoms with Gasteiger partial charge in [0.15, 0.2) is 5.78 Å². The van der Waals surface area contributed by atoms with Gasteiger partial charge in [-0.15, -0.1) is 0 Å². The summed E-state index contributed by atoms with van der Waals surface area (Å²) in [5.41, 5.74) is 6.74. The van der Waals surface area contributed by atoms with E-state index in [1.807, 2.05) is 22.9 Å². The summed E-state index contributed by atoms with van der Waals surface area (Å²) < 4.78 is 0. The number of piperidine rings is 2. The maximum Gasteiger partial charge on any atom is 0.233 e. The Labute approximate surface area is 225 Å². The second kappa shape index (κ2) is 5.84. The van der Waals surface area contributed by atoms with Crippen LogP contribution in [0.25, 0.3) is 0 Å². The van der Waals surface area contributed by atoms with Crippen molar-refractivity contribution in [3.63, 3.8) is 0 Å². The lowest BCUT2D eigenvalue weighted by molar-refractivity contribution is -0.219. The van der Waals surface area contributed by atoms with Crippen molar-refractivity contribution in [2.75, 3.05) is 13.1 Å². The molecule has 10 aliphatic rings. The number of H-pyrrole nitrogens is 1. The molecule has 2 aliphatic heterocycles. The molecule has 2 amide bonds. The molecule has 196 valence electrons. The highest BCUT2D eigenvalue weighted by molar-refractivity contribution is 6.10. The minimum absolute atomic E-state index is 0.0456. The number of nitrogens with zero attached hydrogens (tertiary/aromatic N) is 2. The highest BCUT2D eigenvalue weighted by Gasteiger charge is 2.79. The number of nitrogens with one attached hydrogen (secondary N) is 1. The number of rotatable bonds is 2. The van der Waals surface area contributed by atoms with E-state index >= 15 is 0 Å². The highest BCUT2D eigenvalue weighted by atomic mass is 16.2. The number of likely N-dealkylation sites (tertiary alicyclic amines) is 2. The molecule has 0 aromatic carbocycles. The number of aryl methyl sites for hydroxylation is 1. The quantitative estimate of drug-likeness (QED) is 0.646. The van der Waals surface area contributed by atoms with Crippen LogP contribution in [0.4, 0.5) is 0 Å². The van der Waals surface area contributed by atoms with E-state index in [9.17, 15) is 19.2 Å². The van der Waals surface area contributed by atoms with Gasteiger partial charge in [-0.1, -0.05) is 11.6 Å². The van der Waals surface area contributed by atoms with Crippen LogP contribution >= 0.6 is 0 Å². The molecule has 4 unspecified atom stereocenters. The Morgan fingerprint density at radius 1 is 0.872 bits per heavy atom. The number of carbonyl (C=O) groups excluding carboxylic acids is 4. The average Bonchev–Trinajstić information content (AvgIpc) is 3.45. The molecule has 7 heteroatoms. The minimum Gasteiger partial charge on any atom is -0.358 e. The van der Waals surface area contributed by atoms with Gasteiger partial charge >= 0.3 is 0 Å². The van der Waals surface area contributed by atoms with Gasteiger partial charge in [0.05, 0.1) is 16.5 Å². The van der Waals surface area contributed by atoms with Gasteiger partial charge in [0, 0.05) is 59.2 Å². The number of hydrogen-bond donors (Lipinski definition) is 1. The monoisotopic (exact) mass is 519 g/mol. The molecular weight excluding hydrogens is 490 g/mol. The number of hydrogen-bond acceptors (Lipinski definition) is 4. The molecule has 0 radical (unpaired) electrons. The fraction of sp³-hybridized carbons (Fsp3) is 0.500. The lowest BCUT2D eigenvalue weighted by Gasteiger charge is -2.69. The molecule has 1 aromatic heterocycles. The van der Waals surface area contributed by atoms with Gasteiger partial charge < -0.3 is 14.8 Å². The standard InChI is InChI=1S/C32H29N3O4/c1-15-3-4-19-20(36)5-22-31(24(15)19)7-17(31)10-34(22)27(38)29-12-30(13-29,14-29)28(39)35-11-18-8-32(18)23(35)6-21(37)26-25(32)16(2)9-33-26/h3,5-6,9,17-18,33H,4,7-8,10-14H2,1-2H3. The lowest BCUT2D eigenvalue weighted by atomic mass is 9.34. The summed E-state index contributed by atoms with van der Waals surface area (Å²) in [6.07, 6.45) is 12.0. The van der Waals surface area contributed by atoms with Crippen molar-refractivity contribution in [2.24, 2.45) is 28.1 Å². The average molecular weight is 520 g/mol. The van der Waals surface area contributed by atoms with Crippen LogP contribution in [0.1, 0.15) is 67.1 Å². The first-order chi connectivity index (χ1) is 18.7. The van der Waals surface area contributed by atoms with Crippen LogP contribution in [0.5, 0.6) is 0 Å². The highest BCUT2D eigenvalue weighted by Crippen LogP contribution is 2.78. The summed E-state index contributed by atoms with van der Waals surface area (Å²) in [5.74, 6) is 1.01. The van der Waals surface area contributed by atoms with Gasteiger partial charge in [-0.05, 0) is 80.9 Å². The van der Waals surface area contributed by atoms with E-state index in [0.717, 1.165) is 40.9 Å². The van der Waals surface area contributed by atoms with Crippen molar-refractivity contribution in [3.8, 4) is 0 Å². The topological polar surface area (TPSA) is 90.6 Å². The molecule has 2 bridgehead atoms. The summed E-state index contributed by atoms with van der Waals surface area (Å²) >= 11 is 0. The first-order valence-electron chi connectivity index (χ1n) is 14.4. The first-order valence-corrected chi connectivity index (χ1v) is 14.4. The minimum atomic E-state index is -0.484. The molecule has 1 aromatic rings. The van der Waals surface area contributed by atoms with E-state index in [1.54, 1.807) is 12.2 Å². The van der Waals surface area contributed by atoms with Crippen molar-refractivity contribution in [1.82, 2.24) is 14.8 Å². The van der Waals surface area contributed by atoms with Gasteiger partial charge in [0.1, 0.15) is 0 Å². The Hall–Kier alpha value is -3.48. The van der Waals surface area contributed by atoms with Gasteiger partial charge in [-0.25, -0.2) is 0 Å². The molecule has 4 atom stereocenters. The molecular formula is C32H29N3O4. The number of fused-ring (bicyclic) bond motifs is 1. The van der Waals surface area contributed by atoms with E-state index in [2.05, 4.69) is 18.0 Å².